The number of hydrogen-bond donors (Lipinski definition) is 2. The molecule has 0 radical (unpaired) electrons. The molecule has 0 unspecified atom stereocenters. The van der Waals surface area contributed by atoms with Crippen LogP contribution in [-0.4, -0.2) is 5.91 Å². The zero-order chi connectivity index (χ0) is 15.4. The molecule has 0 aliphatic carbocycles. The maximum atomic E-state index is 13.4. The summed E-state index contributed by atoms with van der Waals surface area (Å²) in [6.45, 7) is 0. The van der Waals surface area contributed by atoms with Gasteiger partial charge >= 0.3 is 0 Å². The minimum Gasteiger partial charge on any atom is -0.399 e. The van der Waals surface area contributed by atoms with E-state index in [-0.39, 0.29) is 0 Å². The molecule has 0 aromatic heterocycles. The highest BCUT2D eigenvalue weighted by Gasteiger charge is 2.14. The van der Waals surface area contributed by atoms with E-state index in [0.29, 0.717) is 11.3 Å². The first-order valence-corrected chi connectivity index (χ1v) is 5.95. The summed E-state index contributed by atoms with van der Waals surface area (Å²) in [5, 5.41) is 2.12. The highest BCUT2D eigenvalue weighted by Crippen LogP contribution is 2.19. The molecule has 0 bridgehead atoms. The first-order valence-electron chi connectivity index (χ1n) is 5.95. The van der Waals surface area contributed by atoms with Crippen LogP contribution in [0, 0.1) is 17.5 Å². The summed E-state index contributed by atoms with van der Waals surface area (Å²) in [5.41, 5.74) is 6.35. The van der Waals surface area contributed by atoms with Crippen LogP contribution < -0.4 is 11.1 Å². The SMILES string of the molecule is Nc1cccc(/C=C/C(=O)Nc2ccc(F)c(F)c2F)c1. The molecule has 3 nitrogen and oxygen atoms in total. The van der Waals surface area contributed by atoms with Crippen LogP contribution >= 0.6 is 0 Å². The Morgan fingerprint density at radius 2 is 1.86 bits per heavy atom. The highest BCUT2D eigenvalue weighted by atomic mass is 19.2. The molecule has 0 saturated heterocycles. The lowest BCUT2D eigenvalue weighted by atomic mass is 10.2. The molecule has 0 aliphatic rings. The van der Waals surface area contributed by atoms with Crippen LogP contribution in [0.2, 0.25) is 0 Å². The Morgan fingerprint density at radius 1 is 1.10 bits per heavy atom. The predicted molar refractivity (Wildman–Crippen MR) is 74.8 cm³/mol. The van der Waals surface area contributed by atoms with Gasteiger partial charge in [0.25, 0.3) is 0 Å². The number of amides is 1. The summed E-state index contributed by atoms with van der Waals surface area (Å²) in [6, 6.07) is 8.44. The van der Waals surface area contributed by atoms with Crippen molar-refractivity contribution in [2.75, 3.05) is 11.1 Å². The molecule has 6 heteroatoms. The molecule has 3 N–H and O–H groups in total. The third kappa shape index (κ3) is 3.62. The fourth-order valence-corrected chi connectivity index (χ4v) is 1.63. The lowest BCUT2D eigenvalue weighted by Gasteiger charge is -2.05. The quantitative estimate of drug-likeness (QED) is 0.518. The van der Waals surface area contributed by atoms with Crippen molar-refractivity contribution in [2.24, 2.45) is 0 Å². The van der Waals surface area contributed by atoms with Gasteiger partial charge in [-0.25, -0.2) is 13.2 Å². The number of benzene rings is 2. The van der Waals surface area contributed by atoms with Crippen LogP contribution in [0.25, 0.3) is 6.08 Å². The van der Waals surface area contributed by atoms with Crippen molar-refractivity contribution in [3.63, 3.8) is 0 Å². The van der Waals surface area contributed by atoms with Crippen LogP contribution in [0.4, 0.5) is 24.5 Å². The molecule has 2 aromatic rings. The maximum Gasteiger partial charge on any atom is 0.248 e. The second-order valence-corrected chi connectivity index (χ2v) is 4.22. The molecule has 0 saturated carbocycles. The van der Waals surface area contributed by atoms with Gasteiger partial charge < -0.3 is 11.1 Å². The Morgan fingerprint density at radius 3 is 2.57 bits per heavy atom. The third-order valence-electron chi connectivity index (χ3n) is 2.63. The van der Waals surface area contributed by atoms with Gasteiger partial charge in [0.2, 0.25) is 5.91 Å². The van der Waals surface area contributed by atoms with Crippen molar-refractivity contribution in [1.82, 2.24) is 0 Å². The van der Waals surface area contributed by atoms with E-state index in [2.05, 4.69) is 5.32 Å². The normalized spacial score (nSPS) is 10.8. The average molecular weight is 292 g/mol. The van der Waals surface area contributed by atoms with Gasteiger partial charge in [-0.05, 0) is 35.9 Å². The van der Waals surface area contributed by atoms with Gasteiger partial charge in [0, 0.05) is 11.8 Å². The Kier molecular flexibility index (Phi) is 4.27. The van der Waals surface area contributed by atoms with Crippen LogP contribution in [0.1, 0.15) is 5.56 Å². The van der Waals surface area contributed by atoms with Crippen LogP contribution in [-0.2, 0) is 4.79 Å². The number of halogens is 3. The number of carbonyl (C=O) groups is 1. The molecule has 0 fully saturated rings. The van der Waals surface area contributed by atoms with E-state index in [1.165, 1.54) is 6.08 Å². The summed E-state index contributed by atoms with van der Waals surface area (Å²) in [6.07, 6.45) is 2.60. The molecule has 2 rings (SSSR count). The van der Waals surface area contributed by atoms with Gasteiger partial charge in [-0.1, -0.05) is 12.1 Å². The second kappa shape index (κ2) is 6.13. The van der Waals surface area contributed by atoms with E-state index in [0.717, 1.165) is 18.2 Å². The lowest BCUT2D eigenvalue weighted by molar-refractivity contribution is -0.111. The molecule has 2 aromatic carbocycles. The molecule has 1 amide bonds. The van der Waals surface area contributed by atoms with Crippen LogP contribution in [0.5, 0.6) is 0 Å². The molecule has 108 valence electrons. The second-order valence-electron chi connectivity index (χ2n) is 4.22. The molecule has 0 spiro atoms. The molecular weight excluding hydrogens is 281 g/mol. The number of hydrogen-bond acceptors (Lipinski definition) is 2. The maximum absolute atomic E-state index is 13.4. The fraction of sp³-hybridized carbons (Fsp3) is 0. The van der Waals surface area contributed by atoms with Gasteiger partial charge in [-0.2, -0.15) is 0 Å². The van der Waals surface area contributed by atoms with E-state index in [4.69, 9.17) is 5.73 Å². The molecule has 0 heterocycles. The van der Waals surface area contributed by atoms with E-state index >= 15 is 0 Å². The lowest BCUT2D eigenvalue weighted by Crippen LogP contribution is -2.10. The zero-order valence-electron chi connectivity index (χ0n) is 10.7. The third-order valence-corrected chi connectivity index (χ3v) is 2.63. The van der Waals surface area contributed by atoms with Gasteiger partial charge in [0.15, 0.2) is 17.5 Å². The van der Waals surface area contributed by atoms with E-state index < -0.39 is 29.0 Å². The first kappa shape index (κ1) is 14.6. The van der Waals surface area contributed by atoms with E-state index in [1.54, 1.807) is 24.3 Å². The summed E-state index contributed by atoms with van der Waals surface area (Å²) in [7, 11) is 0. The first-order chi connectivity index (χ1) is 9.97. The fourth-order valence-electron chi connectivity index (χ4n) is 1.63. The van der Waals surface area contributed by atoms with Crippen molar-refractivity contribution >= 4 is 23.4 Å². The Hall–Kier alpha value is -2.76. The van der Waals surface area contributed by atoms with Crippen LogP contribution in [0.15, 0.2) is 42.5 Å². The van der Waals surface area contributed by atoms with Crippen molar-refractivity contribution in [3.8, 4) is 0 Å². The minimum absolute atomic E-state index is 0.434. The van der Waals surface area contributed by atoms with Gasteiger partial charge in [0.1, 0.15) is 0 Å². The summed E-state index contributed by atoms with van der Waals surface area (Å²) in [4.78, 5) is 11.6. The number of carbonyl (C=O) groups excluding carboxylic acids is 1. The minimum atomic E-state index is -1.63. The number of anilines is 2. The van der Waals surface area contributed by atoms with Crippen LogP contribution in [0.3, 0.4) is 0 Å². The summed E-state index contributed by atoms with van der Waals surface area (Å²) >= 11 is 0. The topological polar surface area (TPSA) is 55.1 Å². The standard InChI is InChI=1S/C15H11F3N2O/c16-11-5-6-12(15(18)14(11)17)20-13(21)7-4-9-2-1-3-10(19)8-9/h1-8H,19H2,(H,20,21)/b7-4+. The van der Waals surface area contributed by atoms with Gasteiger partial charge in [-0.3, -0.25) is 4.79 Å². The molecule has 0 atom stereocenters. The molecule has 0 aliphatic heterocycles. The predicted octanol–water partition coefficient (Wildman–Crippen LogP) is 3.34. The number of nitrogens with one attached hydrogen (secondary N) is 1. The largest absolute Gasteiger partial charge is 0.399 e. The van der Waals surface area contributed by atoms with Crippen molar-refractivity contribution in [2.45, 2.75) is 0 Å². The molecular formula is C15H11F3N2O. The Bertz CT molecular complexity index is 714. The van der Waals surface area contributed by atoms with Crippen molar-refractivity contribution in [1.29, 1.82) is 0 Å². The van der Waals surface area contributed by atoms with Crippen molar-refractivity contribution in [3.05, 3.63) is 65.5 Å². The van der Waals surface area contributed by atoms with E-state index in [9.17, 15) is 18.0 Å². The number of nitrogen functional groups attached to an aromatic ring is 1. The van der Waals surface area contributed by atoms with Gasteiger partial charge in [-0.15, -0.1) is 0 Å². The Balaban J connectivity index is 2.10. The summed E-state index contributed by atoms with van der Waals surface area (Å²) < 4.78 is 39.1. The number of rotatable bonds is 3. The van der Waals surface area contributed by atoms with Crippen molar-refractivity contribution < 1.29 is 18.0 Å². The summed E-state index contributed by atoms with van der Waals surface area (Å²) in [5.74, 6) is -5.07. The zero-order valence-corrected chi connectivity index (χ0v) is 10.7. The Labute approximate surface area is 118 Å². The monoisotopic (exact) mass is 292 g/mol. The molecule has 21 heavy (non-hydrogen) atoms. The highest BCUT2D eigenvalue weighted by molar-refractivity contribution is 6.02. The van der Waals surface area contributed by atoms with Gasteiger partial charge in [0.05, 0.1) is 5.69 Å². The number of nitrogens with two attached hydrogens (primary N) is 1. The average Bonchev–Trinajstić information content (AvgIpc) is 2.46. The smallest absolute Gasteiger partial charge is 0.248 e. The van der Waals surface area contributed by atoms with E-state index in [1.807, 2.05) is 0 Å².